The smallest absolute Gasteiger partial charge is 0.354 e. The lowest BCUT2D eigenvalue weighted by atomic mass is 10.1. The third kappa shape index (κ3) is 4.35. The molecule has 32 heavy (non-hydrogen) atoms. The van der Waals surface area contributed by atoms with Gasteiger partial charge in [-0.05, 0) is 30.2 Å². The van der Waals surface area contributed by atoms with Gasteiger partial charge in [0.1, 0.15) is 11.5 Å². The Morgan fingerprint density at radius 2 is 1.81 bits per heavy atom. The van der Waals surface area contributed by atoms with Crippen LogP contribution in [-0.2, 0) is 22.6 Å². The van der Waals surface area contributed by atoms with E-state index in [1.165, 1.54) is 10.4 Å². The quantitative estimate of drug-likeness (QED) is 0.569. The van der Waals surface area contributed by atoms with Crippen LogP contribution in [0.5, 0.6) is 0 Å². The van der Waals surface area contributed by atoms with Gasteiger partial charge in [-0.1, -0.05) is 30.3 Å². The van der Waals surface area contributed by atoms with E-state index >= 15 is 0 Å². The maximum Gasteiger partial charge on any atom is 0.452 e. The fraction of sp³-hybridized carbons (Fsp3) is 0.333. The van der Waals surface area contributed by atoms with E-state index in [0.29, 0.717) is 25.1 Å². The maximum atomic E-state index is 13.4. The van der Waals surface area contributed by atoms with E-state index < -0.39 is 22.0 Å². The largest absolute Gasteiger partial charge is 0.452 e. The topological polar surface area (TPSA) is 79.5 Å². The number of hydrogen-bond donors (Lipinski definition) is 0. The van der Waals surface area contributed by atoms with Crippen molar-refractivity contribution in [3.8, 4) is 11.3 Å². The van der Waals surface area contributed by atoms with Gasteiger partial charge in [0, 0.05) is 44.0 Å². The molecule has 0 atom stereocenters. The van der Waals surface area contributed by atoms with E-state index in [-0.39, 0.29) is 29.2 Å². The summed E-state index contributed by atoms with van der Waals surface area (Å²) in [6.07, 6.45) is -2.53. The number of halogens is 3. The highest BCUT2D eigenvalue weighted by atomic mass is 32.2. The highest BCUT2D eigenvalue weighted by Gasteiger charge is 2.36. The molecular formula is C21H21F3N4O3S. The van der Waals surface area contributed by atoms with Gasteiger partial charge in [-0.3, -0.25) is 0 Å². The summed E-state index contributed by atoms with van der Waals surface area (Å²) in [7, 11) is -3.86. The first-order chi connectivity index (χ1) is 15.2. The normalized spacial score (nSPS) is 15.8. The number of aromatic nitrogens is 2. The van der Waals surface area contributed by atoms with Gasteiger partial charge in [-0.15, -0.1) is 0 Å². The van der Waals surface area contributed by atoms with Crippen LogP contribution in [0, 0.1) is 0 Å². The lowest BCUT2D eigenvalue weighted by Crippen LogP contribution is -2.49. The molecule has 7 nitrogen and oxygen atoms in total. The van der Waals surface area contributed by atoms with E-state index in [1.54, 1.807) is 18.3 Å². The van der Waals surface area contributed by atoms with E-state index in [1.807, 2.05) is 30.0 Å². The van der Waals surface area contributed by atoms with Crippen molar-refractivity contribution in [2.75, 3.05) is 31.1 Å². The molecule has 2 aromatic heterocycles. The third-order valence-electron chi connectivity index (χ3n) is 5.36. The molecule has 3 heterocycles. The summed E-state index contributed by atoms with van der Waals surface area (Å²) in [5.74, 6) is -0.450. The van der Waals surface area contributed by atoms with Crippen molar-refractivity contribution < 1.29 is 26.1 Å². The van der Waals surface area contributed by atoms with Gasteiger partial charge < -0.3 is 9.42 Å². The molecule has 1 aliphatic heterocycles. The highest BCUT2D eigenvalue weighted by Crippen LogP contribution is 2.34. The van der Waals surface area contributed by atoms with Crippen molar-refractivity contribution >= 4 is 15.8 Å². The van der Waals surface area contributed by atoms with Crippen LogP contribution in [-0.4, -0.2) is 49.0 Å². The first-order valence-corrected chi connectivity index (χ1v) is 11.5. The maximum absolute atomic E-state index is 13.4. The van der Waals surface area contributed by atoms with Gasteiger partial charge in [0.15, 0.2) is 0 Å². The average molecular weight is 466 g/mol. The molecule has 0 aliphatic carbocycles. The number of alkyl halides is 3. The summed E-state index contributed by atoms with van der Waals surface area (Å²) in [6.45, 7) is 3.33. The molecule has 0 spiro atoms. The van der Waals surface area contributed by atoms with Gasteiger partial charge in [0.05, 0.1) is 4.90 Å². The molecule has 1 fully saturated rings. The Morgan fingerprint density at radius 1 is 1.06 bits per heavy atom. The Hall–Kier alpha value is -2.92. The predicted molar refractivity (Wildman–Crippen MR) is 112 cm³/mol. The average Bonchev–Trinajstić information content (AvgIpc) is 3.30. The molecule has 0 radical (unpaired) electrons. The Bertz CT molecular complexity index is 1190. The molecule has 0 N–H and O–H groups in total. The monoisotopic (exact) mass is 466 g/mol. The van der Waals surface area contributed by atoms with Crippen molar-refractivity contribution in [3.05, 3.63) is 60.0 Å². The summed E-state index contributed by atoms with van der Waals surface area (Å²) in [5, 5.41) is 3.47. The Balaban J connectivity index is 1.60. The fourth-order valence-electron chi connectivity index (χ4n) is 3.63. The Morgan fingerprint density at radius 3 is 2.41 bits per heavy atom. The van der Waals surface area contributed by atoms with E-state index in [9.17, 15) is 21.6 Å². The van der Waals surface area contributed by atoms with Gasteiger partial charge in [0.25, 0.3) is 0 Å². The van der Waals surface area contributed by atoms with Crippen molar-refractivity contribution in [3.63, 3.8) is 0 Å². The van der Waals surface area contributed by atoms with Crippen LogP contribution in [0.3, 0.4) is 0 Å². The number of pyridine rings is 1. The first kappa shape index (κ1) is 22.3. The lowest BCUT2D eigenvalue weighted by Gasteiger charge is -2.35. The summed E-state index contributed by atoms with van der Waals surface area (Å²) in [6, 6.07) is 10.9. The van der Waals surface area contributed by atoms with Crippen molar-refractivity contribution in [2.45, 2.75) is 24.4 Å². The molecule has 1 aromatic carbocycles. The van der Waals surface area contributed by atoms with Crippen LogP contribution in [0.25, 0.3) is 11.3 Å². The first-order valence-electron chi connectivity index (χ1n) is 10.0. The summed E-state index contributed by atoms with van der Waals surface area (Å²) in [5.41, 5.74) is 0.754. The zero-order valence-corrected chi connectivity index (χ0v) is 18.0. The molecule has 170 valence electrons. The molecule has 0 bridgehead atoms. The molecule has 3 aromatic rings. The number of sulfonamides is 1. The molecule has 4 rings (SSSR count). The van der Waals surface area contributed by atoms with Crippen LogP contribution >= 0.6 is 0 Å². The number of benzene rings is 1. The van der Waals surface area contributed by atoms with Crippen LogP contribution in [0.1, 0.15) is 18.2 Å². The highest BCUT2D eigenvalue weighted by molar-refractivity contribution is 7.89. The molecule has 11 heteroatoms. The number of anilines is 1. The minimum atomic E-state index is -4.67. The van der Waals surface area contributed by atoms with Crippen molar-refractivity contribution in [2.24, 2.45) is 0 Å². The summed E-state index contributed by atoms with van der Waals surface area (Å²) < 4.78 is 71.2. The lowest BCUT2D eigenvalue weighted by molar-refractivity contribution is -0.155. The Kier molecular flexibility index (Phi) is 5.95. The van der Waals surface area contributed by atoms with Gasteiger partial charge >= 0.3 is 6.18 Å². The minimum Gasteiger partial charge on any atom is -0.354 e. The molecule has 0 saturated carbocycles. The van der Waals surface area contributed by atoms with E-state index in [4.69, 9.17) is 0 Å². The summed E-state index contributed by atoms with van der Waals surface area (Å²) >= 11 is 0. The molecular weight excluding hydrogens is 445 g/mol. The van der Waals surface area contributed by atoms with Crippen LogP contribution < -0.4 is 4.90 Å². The number of aryl methyl sites for hydroxylation is 1. The van der Waals surface area contributed by atoms with Crippen molar-refractivity contribution in [1.82, 2.24) is 14.4 Å². The zero-order valence-electron chi connectivity index (χ0n) is 17.2. The number of rotatable bonds is 5. The molecule has 0 unspecified atom stereocenters. The second-order valence-corrected chi connectivity index (χ2v) is 9.24. The van der Waals surface area contributed by atoms with Gasteiger partial charge in [0.2, 0.25) is 15.8 Å². The molecule has 1 aliphatic rings. The second-order valence-electron chi connectivity index (χ2n) is 7.33. The van der Waals surface area contributed by atoms with Crippen LogP contribution in [0.4, 0.5) is 19.0 Å². The Labute approximate surface area is 183 Å². The van der Waals surface area contributed by atoms with Crippen molar-refractivity contribution in [1.29, 1.82) is 0 Å². The minimum absolute atomic E-state index is 0.0698. The third-order valence-corrected chi connectivity index (χ3v) is 7.34. The van der Waals surface area contributed by atoms with Crippen LogP contribution in [0.2, 0.25) is 0 Å². The molecule has 0 amide bonds. The van der Waals surface area contributed by atoms with Gasteiger partial charge in [-0.2, -0.15) is 17.5 Å². The number of hydrogen-bond acceptors (Lipinski definition) is 6. The van der Waals surface area contributed by atoms with E-state index in [0.717, 1.165) is 11.9 Å². The SMILES string of the molecule is CCc1ccc(-c2cc(C(F)(F)F)on2)cc1S(=O)(=O)N1CCN(c2ccccn2)CC1. The standard InChI is InChI=1S/C21H21F3N4O3S/c1-2-15-6-7-16(17-14-19(31-26-17)21(22,23)24)13-18(15)32(29,30)28-11-9-27(10-12-28)20-5-3-4-8-25-20/h3-8,13-14H,2,9-12H2,1H3. The molecule has 1 saturated heterocycles. The summed E-state index contributed by atoms with van der Waals surface area (Å²) in [4.78, 5) is 6.38. The predicted octanol–water partition coefficient (Wildman–Crippen LogP) is 3.83. The van der Waals surface area contributed by atoms with Gasteiger partial charge in [-0.25, -0.2) is 13.4 Å². The van der Waals surface area contributed by atoms with Crippen LogP contribution in [0.15, 0.2) is 58.1 Å². The zero-order chi connectivity index (χ0) is 22.9. The fourth-order valence-corrected chi connectivity index (χ4v) is 5.37. The number of piperazine rings is 1. The van der Waals surface area contributed by atoms with E-state index in [2.05, 4.69) is 14.7 Å². The second kappa shape index (κ2) is 8.55. The number of nitrogens with zero attached hydrogens (tertiary/aromatic N) is 4.